The van der Waals surface area contributed by atoms with E-state index in [1.165, 1.54) is 6.92 Å². The van der Waals surface area contributed by atoms with Gasteiger partial charge in [-0.05, 0) is 35.8 Å². The minimum absolute atomic E-state index is 0.499. The predicted molar refractivity (Wildman–Crippen MR) is 123 cm³/mol. The van der Waals surface area contributed by atoms with E-state index in [1.807, 2.05) is 91.0 Å². The lowest BCUT2D eigenvalue weighted by molar-refractivity contribution is -0.138. The van der Waals surface area contributed by atoms with Crippen molar-refractivity contribution in [3.8, 4) is 0 Å². The van der Waals surface area contributed by atoms with Gasteiger partial charge in [0.1, 0.15) is 0 Å². The maximum atomic E-state index is 12.6. The molecule has 0 bridgehead atoms. The molecule has 4 heteroatoms. The van der Waals surface area contributed by atoms with Crippen molar-refractivity contribution in [1.29, 1.82) is 0 Å². The summed E-state index contributed by atoms with van der Waals surface area (Å²) in [6.45, 7) is 1.45. The van der Waals surface area contributed by atoms with E-state index in [1.54, 1.807) is 24.3 Å². The van der Waals surface area contributed by atoms with Crippen LogP contribution in [0, 0.1) is 0 Å². The second-order valence-corrected chi connectivity index (χ2v) is 6.90. The zero-order valence-electron chi connectivity index (χ0n) is 16.8. The molecule has 0 radical (unpaired) electrons. The first-order chi connectivity index (χ1) is 14.6. The van der Waals surface area contributed by atoms with Crippen LogP contribution in [0.5, 0.6) is 0 Å². The molecule has 0 saturated heterocycles. The first-order valence-corrected chi connectivity index (χ1v) is 9.68. The molecule has 0 spiro atoms. The molecular weight excluding hydrogens is 372 g/mol. The highest BCUT2D eigenvalue weighted by molar-refractivity contribution is 6.09. The molecule has 2 N–H and O–H groups in total. The molecule has 30 heavy (non-hydrogen) atoms. The Hall–Kier alpha value is -3.76. The summed E-state index contributed by atoms with van der Waals surface area (Å²) in [5, 5.41) is 14.9. The average Bonchev–Trinajstić information content (AvgIpc) is 2.80. The number of nitrogens with one attached hydrogen (secondary N) is 1. The van der Waals surface area contributed by atoms with Gasteiger partial charge in [-0.1, -0.05) is 103 Å². The number of benzene rings is 3. The van der Waals surface area contributed by atoms with Crippen molar-refractivity contribution in [2.45, 2.75) is 12.5 Å². The average molecular weight is 396 g/mol. The highest BCUT2D eigenvalue weighted by Crippen LogP contribution is 2.20. The Morgan fingerprint density at radius 3 is 1.70 bits per heavy atom. The van der Waals surface area contributed by atoms with Crippen molar-refractivity contribution in [1.82, 2.24) is 5.43 Å². The van der Waals surface area contributed by atoms with Crippen molar-refractivity contribution in [3.63, 3.8) is 0 Å². The molecule has 0 saturated carbocycles. The number of rotatable bonds is 7. The van der Waals surface area contributed by atoms with Crippen molar-refractivity contribution in [2.75, 3.05) is 0 Å². The van der Waals surface area contributed by atoms with Gasteiger partial charge in [-0.25, -0.2) is 5.43 Å². The summed E-state index contributed by atoms with van der Waals surface area (Å²) >= 11 is 0. The number of amides is 1. The van der Waals surface area contributed by atoms with Gasteiger partial charge in [0.15, 0.2) is 5.60 Å². The van der Waals surface area contributed by atoms with Gasteiger partial charge in [0.05, 0.1) is 5.71 Å². The molecule has 0 aliphatic rings. The molecule has 0 heterocycles. The minimum Gasteiger partial charge on any atom is -0.375 e. The quantitative estimate of drug-likeness (QED) is 0.445. The van der Waals surface area contributed by atoms with Gasteiger partial charge >= 0.3 is 0 Å². The fourth-order valence-electron chi connectivity index (χ4n) is 2.74. The lowest BCUT2D eigenvalue weighted by Crippen LogP contribution is -2.40. The van der Waals surface area contributed by atoms with Crippen molar-refractivity contribution in [3.05, 3.63) is 120 Å². The Bertz CT molecular complexity index is 987. The first kappa shape index (κ1) is 21.0. The Morgan fingerprint density at radius 2 is 1.23 bits per heavy atom. The van der Waals surface area contributed by atoms with E-state index in [9.17, 15) is 9.90 Å². The smallest absolute Gasteiger partial charge is 0.276 e. The number of hydrazone groups is 1. The molecule has 1 atom stereocenters. The second kappa shape index (κ2) is 10.1. The van der Waals surface area contributed by atoms with E-state index < -0.39 is 11.5 Å². The number of carbonyl (C=O) groups excluding carboxylic acids is 1. The van der Waals surface area contributed by atoms with Crippen LogP contribution in [-0.4, -0.2) is 16.7 Å². The van der Waals surface area contributed by atoms with Crippen LogP contribution in [0.25, 0.3) is 12.2 Å². The summed E-state index contributed by atoms with van der Waals surface area (Å²) in [7, 11) is 0. The highest BCUT2D eigenvalue weighted by Gasteiger charge is 2.32. The molecule has 0 unspecified atom stereocenters. The van der Waals surface area contributed by atoms with Crippen LogP contribution in [-0.2, 0) is 10.4 Å². The number of carbonyl (C=O) groups is 1. The normalized spacial score (nSPS) is 13.1. The van der Waals surface area contributed by atoms with Gasteiger partial charge in [-0.2, -0.15) is 5.10 Å². The molecule has 3 aromatic rings. The maximum absolute atomic E-state index is 12.6. The standard InChI is InChI=1S/C26H24N2O2/c1-26(30,23-15-9-4-10-16-23)25(29)28-27-24(19-17-21-11-5-2-6-12-21)20-18-22-13-7-3-8-14-22/h2-20,30H,1H3,(H,28,29)/b19-17+,20-18+/t26-/m1/s1. The summed E-state index contributed by atoms with van der Waals surface area (Å²) in [6, 6.07) is 28.4. The van der Waals surface area contributed by atoms with Crippen molar-refractivity contribution in [2.24, 2.45) is 5.10 Å². The fourth-order valence-corrected chi connectivity index (χ4v) is 2.74. The lowest BCUT2D eigenvalue weighted by Gasteiger charge is -2.21. The van der Waals surface area contributed by atoms with Crippen LogP contribution in [0.1, 0.15) is 23.6 Å². The lowest BCUT2D eigenvalue weighted by atomic mass is 9.95. The molecule has 3 aromatic carbocycles. The SMILES string of the molecule is C[C@](O)(C(=O)NN=C(/C=C/c1ccccc1)/C=C/c1ccccc1)c1ccccc1. The third kappa shape index (κ3) is 5.87. The molecule has 1 amide bonds. The van der Waals surface area contributed by atoms with Gasteiger partial charge in [-0.3, -0.25) is 4.79 Å². The van der Waals surface area contributed by atoms with Crippen molar-refractivity contribution < 1.29 is 9.90 Å². The van der Waals surface area contributed by atoms with Crippen LogP contribution in [0.3, 0.4) is 0 Å². The summed E-state index contributed by atoms with van der Waals surface area (Å²) in [5.74, 6) is -0.604. The number of nitrogens with zero attached hydrogens (tertiary/aromatic N) is 1. The topological polar surface area (TPSA) is 61.7 Å². The summed E-state index contributed by atoms with van der Waals surface area (Å²) in [4.78, 5) is 12.6. The van der Waals surface area contributed by atoms with Gasteiger partial charge in [-0.15, -0.1) is 0 Å². The predicted octanol–water partition coefficient (Wildman–Crippen LogP) is 4.79. The van der Waals surface area contributed by atoms with Crippen LogP contribution in [0.4, 0.5) is 0 Å². The molecule has 0 aliphatic carbocycles. The Labute approximate surface area is 176 Å². The van der Waals surface area contributed by atoms with E-state index in [4.69, 9.17) is 0 Å². The largest absolute Gasteiger partial charge is 0.375 e. The van der Waals surface area contributed by atoms with E-state index in [0.29, 0.717) is 11.3 Å². The third-order valence-corrected chi connectivity index (χ3v) is 4.56. The zero-order valence-corrected chi connectivity index (χ0v) is 16.8. The molecule has 0 fully saturated rings. The van der Waals surface area contributed by atoms with E-state index in [-0.39, 0.29) is 0 Å². The summed E-state index contributed by atoms with van der Waals surface area (Å²) < 4.78 is 0. The Kier molecular flexibility index (Phi) is 7.09. The van der Waals surface area contributed by atoms with Crippen LogP contribution >= 0.6 is 0 Å². The van der Waals surface area contributed by atoms with Gasteiger partial charge < -0.3 is 5.11 Å². The Morgan fingerprint density at radius 1 is 0.800 bits per heavy atom. The van der Waals surface area contributed by atoms with E-state index in [2.05, 4.69) is 10.5 Å². The third-order valence-electron chi connectivity index (χ3n) is 4.56. The zero-order chi connectivity index (χ0) is 21.2. The summed E-state index contributed by atoms with van der Waals surface area (Å²) in [6.07, 6.45) is 7.45. The minimum atomic E-state index is -1.69. The van der Waals surface area contributed by atoms with Crippen molar-refractivity contribution >= 4 is 23.8 Å². The van der Waals surface area contributed by atoms with Gasteiger partial charge in [0, 0.05) is 0 Å². The number of hydrogen-bond donors (Lipinski definition) is 2. The van der Waals surface area contributed by atoms with Crippen LogP contribution in [0.15, 0.2) is 108 Å². The molecule has 0 aliphatic heterocycles. The molecular formula is C26H24N2O2. The molecule has 0 aromatic heterocycles. The van der Waals surface area contributed by atoms with Crippen LogP contribution < -0.4 is 5.43 Å². The monoisotopic (exact) mass is 396 g/mol. The van der Waals surface area contributed by atoms with Gasteiger partial charge in [0.25, 0.3) is 5.91 Å². The number of hydrogen-bond acceptors (Lipinski definition) is 3. The molecule has 3 rings (SSSR count). The first-order valence-electron chi connectivity index (χ1n) is 9.68. The second-order valence-electron chi connectivity index (χ2n) is 6.90. The van der Waals surface area contributed by atoms with E-state index >= 15 is 0 Å². The molecule has 4 nitrogen and oxygen atoms in total. The highest BCUT2D eigenvalue weighted by atomic mass is 16.3. The van der Waals surface area contributed by atoms with E-state index in [0.717, 1.165) is 11.1 Å². The van der Waals surface area contributed by atoms with Crippen LogP contribution in [0.2, 0.25) is 0 Å². The number of aliphatic hydroxyl groups is 1. The summed E-state index contributed by atoms with van der Waals surface area (Å²) in [5.41, 5.74) is 3.87. The maximum Gasteiger partial charge on any atom is 0.276 e. The fraction of sp³-hybridized carbons (Fsp3) is 0.0769. The Balaban J connectivity index is 1.81. The number of allylic oxidation sites excluding steroid dienone is 2. The molecule has 150 valence electrons. The van der Waals surface area contributed by atoms with Gasteiger partial charge in [0.2, 0.25) is 0 Å².